The molecule has 1 saturated carbocycles. The first kappa shape index (κ1) is 30.6. The molecule has 11 nitrogen and oxygen atoms in total. The van der Waals surface area contributed by atoms with Gasteiger partial charge in [-0.15, -0.1) is 0 Å². The van der Waals surface area contributed by atoms with Crippen molar-refractivity contribution in [3.8, 4) is 11.5 Å². The molecule has 226 valence electrons. The minimum atomic E-state index is -0.327. The molecule has 1 aliphatic heterocycles. The largest absolute Gasteiger partial charge is 0.493 e. The summed E-state index contributed by atoms with van der Waals surface area (Å²) in [6.45, 7) is 9.73. The van der Waals surface area contributed by atoms with Crippen molar-refractivity contribution < 1.29 is 33.1 Å². The van der Waals surface area contributed by atoms with E-state index in [1.165, 1.54) is 0 Å². The summed E-state index contributed by atoms with van der Waals surface area (Å²) in [4.78, 5) is 30.6. The third-order valence-corrected chi connectivity index (χ3v) is 7.63. The number of amides is 2. The summed E-state index contributed by atoms with van der Waals surface area (Å²) in [5.74, 6) is 2.13. The molecule has 1 aromatic carbocycles. The van der Waals surface area contributed by atoms with E-state index in [-0.39, 0.29) is 42.5 Å². The molecular weight excluding hydrogens is 528 g/mol. The zero-order chi connectivity index (χ0) is 29.4. The first-order valence-electron chi connectivity index (χ1n) is 14.5. The number of nitrogens with zero attached hydrogens (tertiary/aromatic N) is 3. The van der Waals surface area contributed by atoms with Gasteiger partial charge in [-0.1, -0.05) is 5.16 Å². The second-order valence-electron chi connectivity index (χ2n) is 11.2. The van der Waals surface area contributed by atoms with E-state index in [0.29, 0.717) is 54.8 Å². The van der Waals surface area contributed by atoms with Gasteiger partial charge in [-0.05, 0) is 63.6 Å². The number of nitrogens with one attached hydrogen (secondary N) is 1. The topological polar surface area (TPSA) is 116 Å². The van der Waals surface area contributed by atoms with Gasteiger partial charge in [-0.3, -0.25) is 4.79 Å². The maximum atomic E-state index is 13.8. The highest BCUT2D eigenvalue weighted by atomic mass is 16.6. The highest BCUT2D eigenvalue weighted by molar-refractivity contribution is 5.95. The number of aromatic nitrogens is 1. The van der Waals surface area contributed by atoms with Crippen LogP contribution in [0.1, 0.15) is 54.9 Å². The van der Waals surface area contributed by atoms with Crippen molar-refractivity contribution in [1.82, 2.24) is 20.3 Å². The van der Waals surface area contributed by atoms with Gasteiger partial charge in [0.1, 0.15) is 18.1 Å². The summed E-state index contributed by atoms with van der Waals surface area (Å²) in [6, 6.07) is 7.28. The molecular formula is C30H44N4O7. The number of methoxy groups -OCH3 is 2. The number of benzene rings is 1. The maximum Gasteiger partial charge on any atom is 0.410 e. The van der Waals surface area contributed by atoms with Crippen LogP contribution in [0.5, 0.6) is 11.5 Å². The Morgan fingerprint density at radius 1 is 1.07 bits per heavy atom. The first-order valence-corrected chi connectivity index (χ1v) is 14.5. The standard InChI is InChI=1S/C30H44N4O7/c1-20(2)33(29(35)22-7-10-27(38-5)28(14-22)39-12-6-11-37-4)17-23-15-31-16-24(23)18-34(26-8-9-26)30(36)40-19-25-13-21(3)41-32-25/h7,10,13-14,20,23-24,26,31H,6,8-9,11-12,15-19H2,1-5H3/t23-,24+/m1/s1. The number of ether oxygens (including phenoxy) is 4. The van der Waals surface area contributed by atoms with E-state index in [9.17, 15) is 9.59 Å². The number of aryl methyl sites for hydroxylation is 1. The molecule has 11 heteroatoms. The van der Waals surface area contributed by atoms with E-state index >= 15 is 0 Å². The van der Waals surface area contributed by atoms with E-state index in [1.54, 1.807) is 45.4 Å². The van der Waals surface area contributed by atoms with Gasteiger partial charge >= 0.3 is 6.09 Å². The van der Waals surface area contributed by atoms with Crippen LogP contribution in [0.25, 0.3) is 0 Å². The Morgan fingerprint density at radius 2 is 1.83 bits per heavy atom. The fourth-order valence-corrected chi connectivity index (χ4v) is 5.19. The van der Waals surface area contributed by atoms with Gasteiger partial charge in [0.2, 0.25) is 0 Å². The summed E-state index contributed by atoms with van der Waals surface area (Å²) in [5.41, 5.74) is 1.15. The van der Waals surface area contributed by atoms with Gasteiger partial charge in [-0.25, -0.2) is 4.79 Å². The van der Waals surface area contributed by atoms with Crippen molar-refractivity contribution in [2.45, 2.75) is 58.7 Å². The van der Waals surface area contributed by atoms with Gasteiger partial charge in [-0.2, -0.15) is 0 Å². The van der Waals surface area contributed by atoms with Gasteiger partial charge in [0, 0.05) is 70.0 Å². The Morgan fingerprint density at radius 3 is 2.46 bits per heavy atom. The summed E-state index contributed by atoms with van der Waals surface area (Å²) in [7, 11) is 3.24. The average Bonchev–Trinajstić information content (AvgIpc) is 3.57. The lowest BCUT2D eigenvalue weighted by Crippen LogP contribution is -2.45. The molecule has 1 saturated heterocycles. The zero-order valence-electron chi connectivity index (χ0n) is 24.9. The van der Waals surface area contributed by atoms with E-state index in [2.05, 4.69) is 10.5 Å². The quantitative estimate of drug-likeness (QED) is 0.317. The lowest BCUT2D eigenvalue weighted by molar-refractivity contribution is 0.0625. The zero-order valence-corrected chi connectivity index (χ0v) is 24.9. The smallest absolute Gasteiger partial charge is 0.410 e. The molecule has 0 spiro atoms. The molecule has 0 bridgehead atoms. The fourth-order valence-electron chi connectivity index (χ4n) is 5.19. The molecule has 2 atom stereocenters. The van der Waals surface area contributed by atoms with Crippen molar-refractivity contribution in [2.75, 3.05) is 53.6 Å². The lowest BCUT2D eigenvalue weighted by atomic mass is 9.94. The Labute approximate surface area is 242 Å². The van der Waals surface area contributed by atoms with Crippen molar-refractivity contribution in [3.05, 3.63) is 41.3 Å². The summed E-state index contributed by atoms with van der Waals surface area (Å²) in [6.07, 6.45) is 2.36. The van der Waals surface area contributed by atoms with Crippen LogP contribution in [0.3, 0.4) is 0 Å². The van der Waals surface area contributed by atoms with Crippen molar-refractivity contribution in [1.29, 1.82) is 0 Å². The molecule has 4 rings (SSSR count). The highest BCUT2D eigenvalue weighted by Gasteiger charge is 2.39. The van der Waals surface area contributed by atoms with Crippen molar-refractivity contribution >= 4 is 12.0 Å². The molecule has 0 unspecified atom stereocenters. The van der Waals surface area contributed by atoms with Crippen LogP contribution >= 0.6 is 0 Å². The second-order valence-corrected chi connectivity index (χ2v) is 11.2. The first-order chi connectivity index (χ1) is 19.8. The van der Waals surface area contributed by atoms with Gasteiger partial charge < -0.3 is 38.6 Å². The molecule has 2 aromatic rings. The van der Waals surface area contributed by atoms with Crippen molar-refractivity contribution in [3.63, 3.8) is 0 Å². The van der Waals surface area contributed by atoms with Crippen LogP contribution in [0.2, 0.25) is 0 Å². The minimum absolute atomic E-state index is 0.00709. The Kier molecular flexibility index (Phi) is 10.9. The number of rotatable bonds is 15. The molecule has 1 N–H and O–H groups in total. The molecule has 0 radical (unpaired) electrons. The molecule has 41 heavy (non-hydrogen) atoms. The molecule has 2 fully saturated rings. The monoisotopic (exact) mass is 572 g/mol. The predicted octanol–water partition coefficient (Wildman–Crippen LogP) is 3.89. The molecule has 1 aromatic heterocycles. The van der Waals surface area contributed by atoms with Crippen molar-refractivity contribution in [2.24, 2.45) is 11.8 Å². The number of hydrogen-bond donors (Lipinski definition) is 1. The average molecular weight is 573 g/mol. The van der Waals surface area contributed by atoms with Crippen LogP contribution in [-0.4, -0.2) is 92.7 Å². The highest BCUT2D eigenvalue weighted by Crippen LogP contribution is 2.32. The van der Waals surface area contributed by atoms with Gasteiger partial charge in [0.25, 0.3) is 5.91 Å². The summed E-state index contributed by atoms with van der Waals surface area (Å²) in [5, 5.41) is 7.39. The number of carbonyl (C=O) groups is 2. The summed E-state index contributed by atoms with van der Waals surface area (Å²) >= 11 is 0. The van der Waals surface area contributed by atoms with Crippen LogP contribution < -0.4 is 14.8 Å². The second kappa shape index (κ2) is 14.5. The molecule has 2 heterocycles. The molecule has 2 aliphatic rings. The molecule has 1 aliphatic carbocycles. The number of carbonyl (C=O) groups excluding carboxylic acids is 2. The van der Waals surface area contributed by atoms with Gasteiger partial charge in [0.15, 0.2) is 11.5 Å². The fraction of sp³-hybridized carbons (Fsp3) is 0.633. The van der Waals surface area contributed by atoms with Gasteiger partial charge in [0.05, 0.1) is 13.7 Å². The van der Waals surface area contributed by atoms with Crippen LogP contribution in [-0.2, 0) is 16.1 Å². The lowest BCUT2D eigenvalue weighted by Gasteiger charge is -2.33. The SMILES string of the molecule is COCCCOc1cc(C(=O)N(C[C@H]2CNC[C@H]2CN(C(=O)OCc2cc(C)on2)C2CC2)C(C)C)ccc1OC. The van der Waals surface area contributed by atoms with Crippen LogP contribution in [0.15, 0.2) is 28.8 Å². The third kappa shape index (κ3) is 8.36. The van der Waals surface area contributed by atoms with Crippen LogP contribution in [0.4, 0.5) is 4.79 Å². The Balaban J connectivity index is 1.40. The van der Waals surface area contributed by atoms with Crippen LogP contribution in [0, 0.1) is 18.8 Å². The maximum absolute atomic E-state index is 13.8. The number of hydrogen-bond acceptors (Lipinski definition) is 9. The summed E-state index contributed by atoms with van der Waals surface area (Å²) < 4.78 is 27.1. The van der Waals surface area contributed by atoms with E-state index in [4.69, 9.17) is 23.5 Å². The van der Waals surface area contributed by atoms with E-state index in [0.717, 1.165) is 32.4 Å². The Bertz CT molecular complexity index is 1150. The van der Waals surface area contributed by atoms with E-state index < -0.39 is 0 Å². The molecule has 2 amide bonds. The minimum Gasteiger partial charge on any atom is -0.493 e. The predicted molar refractivity (Wildman–Crippen MR) is 152 cm³/mol. The Hall–Kier alpha value is -3.31. The van der Waals surface area contributed by atoms with E-state index in [1.807, 2.05) is 23.6 Å². The normalized spacial score (nSPS) is 18.4. The third-order valence-electron chi connectivity index (χ3n) is 7.63.